The summed E-state index contributed by atoms with van der Waals surface area (Å²) in [5.41, 5.74) is 5.76. The van der Waals surface area contributed by atoms with E-state index in [4.69, 9.17) is 9.72 Å². The number of benzene rings is 1. The zero-order valence-corrected chi connectivity index (χ0v) is 24.3. The van der Waals surface area contributed by atoms with Crippen molar-refractivity contribution in [1.82, 2.24) is 34.7 Å². The Morgan fingerprint density at radius 2 is 1.90 bits per heavy atom. The fraction of sp³-hybridized carbons (Fsp3) is 0.469. The van der Waals surface area contributed by atoms with Crippen LogP contribution in [0.25, 0.3) is 22.3 Å². The fourth-order valence-corrected chi connectivity index (χ4v) is 5.91. The maximum absolute atomic E-state index is 12.4. The molecule has 2 saturated carbocycles. The van der Waals surface area contributed by atoms with Crippen molar-refractivity contribution in [1.29, 1.82) is 0 Å². The Labute approximate surface area is 245 Å². The molecule has 2 N–H and O–H groups in total. The molecule has 0 radical (unpaired) electrons. The molecule has 4 heterocycles. The normalized spacial score (nSPS) is 18.3. The van der Waals surface area contributed by atoms with Crippen LogP contribution in [-0.4, -0.2) is 80.5 Å². The highest BCUT2D eigenvalue weighted by atomic mass is 16.5. The SMILES string of the molecule is COc1c(NCC2CC2)ncnc1-c1ccc2nc(Cc3cc(C(C)N4CCN(C(=O)C5CC5)CC4)ccn3)[nH]c2c1. The first-order valence-corrected chi connectivity index (χ1v) is 15.1. The highest BCUT2D eigenvalue weighted by molar-refractivity contribution is 5.84. The van der Waals surface area contributed by atoms with Gasteiger partial charge in [0.25, 0.3) is 0 Å². The van der Waals surface area contributed by atoms with Gasteiger partial charge < -0.3 is 19.9 Å². The summed E-state index contributed by atoms with van der Waals surface area (Å²) in [6.07, 6.45) is 8.76. The van der Waals surface area contributed by atoms with Gasteiger partial charge in [-0.1, -0.05) is 6.07 Å². The van der Waals surface area contributed by atoms with Crippen LogP contribution in [0.1, 0.15) is 55.7 Å². The van der Waals surface area contributed by atoms with Gasteiger partial charge in [-0.3, -0.25) is 14.7 Å². The number of rotatable bonds is 10. The number of aromatic nitrogens is 5. The van der Waals surface area contributed by atoms with Crippen LogP contribution in [0, 0.1) is 11.8 Å². The van der Waals surface area contributed by atoms with Gasteiger partial charge >= 0.3 is 0 Å². The average molecular weight is 567 g/mol. The van der Waals surface area contributed by atoms with Crippen molar-refractivity contribution in [3.05, 3.63) is 59.9 Å². The second-order valence-corrected chi connectivity index (χ2v) is 11.9. The van der Waals surface area contributed by atoms with Gasteiger partial charge in [0, 0.05) is 68.6 Å². The van der Waals surface area contributed by atoms with Crippen molar-refractivity contribution in [3.63, 3.8) is 0 Å². The van der Waals surface area contributed by atoms with Gasteiger partial charge in [0.05, 0.1) is 18.1 Å². The number of piperazine rings is 1. The second kappa shape index (κ2) is 11.3. The van der Waals surface area contributed by atoms with Crippen LogP contribution < -0.4 is 10.1 Å². The minimum absolute atomic E-state index is 0.259. The maximum atomic E-state index is 12.4. The molecule has 10 heteroatoms. The first-order valence-electron chi connectivity index (χ1n) is 15.1. The van der Waals surface area contributed by atoms with Crippen LogP contribution in [-0.2, 0) is 11.2 Å². The van der Waals surface area contributed by atoms with E-state index in [1.807, 2.05) is 18.3 Å². The van der Waals surface area contributed by atoms with Crippen molar-refractivity contribution < 1.29 is 9.53 Å². The number of hydrogen-bond donors (Lipinski definition) is 2. The number of aromatic amines is 1. The van der Waals surface area contributed by atoms with Gasteiger partial charge in [0.2, 0.25) is 5.91 Å². The highest BCUT2D eigenvalue weighted by Gasteiger charge is 2.35. The van der Waals surface area contributed by atoms with Gasteiger partial charge in [-0.25, -0.2) is 15.0 Å². The minimum Gasteiger partial charge on any atom is -0.491 e. The Kier molecular flexibility index (Phi) is 7.23. The average Bonchev–Trinajstić information content (AvgIpc) is 3.96. The molecule has 3 aromatic heterocycles. The van der Waals surface area contributed by atoms with Crippen LogP contribution in [0.2, 0.25) is 0 Å². The quantitative estimate of drug-likeness (QED) is 0.290. The molecule has 10 nitrogen and oxygen atoms in total. The Morgan fingerprint density at radius 1 is 1.07 bits per heavy atom. The monoisotopic (exact) mass is 566 g/mol. The molecule has 1 amide bonds. The molecule has 42 heavy (non-hydrogen) atoms. The summed E-state index contributed by atoms with van der Waals surface area (Å²) in [6, 6.07) is 10.7. The van der Waals surface area contributed by atoms with E-state index in [1.54, 1.807) is 13.4 Å². The molecule has 7 rings (SSSR count). The van der Waals surface area contributed by atoms with Crippen LogP contribution in [0.5, 0.6) is 5.75 Å². The van der Waals surface area contributed by atoms with Gasteiger partial charge in [0.1, 0.15) is 17.8 Å². The lowest BCUT2D eigenvalue weighted by molar-refractivity contribution is -0.134. The second-order valence-electron chi connectivity index (χ2n) is 11.9. The van der Waals surface area contributed by atoms with Crippen molar-refractivity contribution >= 4 is 22.8 Å². The number of amides is 1. The number of imidazole rings is 1. The van der Waals surface area contributed by atoms with Crippen LogP contribution >= 0.6 is 0 Å². The molecule has 0 spiro atoms. The lowest BCUT2D eigenvalue weighted by Crippen LogP contribution is -2.49. The zero-order valence-electron chi connectivity index (χ0n) is 24.3. The van der Waals surface area contributed by atoms with Crippen LogP contribution in [0.15, 0.2) is 42.9 Å². The van der Waals surface area contributed by atoms with E-state index in [-0.39, 0.29) is 6.04 Å². The highest BCUT2D eigenvalue weighted by Crippen LogP contribution is 2.36. The number of ether oxygens (including phenoxy) is 1. The Morgan fingerprint density at radius 3 is 2.67 bits per heavy atom. The predicted molar refractivity (Wildman–Crippen MR) is 161 cm³/mol. The smallest absolute Gasteiger partial charge is 0.225 e. The number of fused-ring (bicyclic) bond motifs is 1. The first-order chi connectivity index (χ1) is 20.6. The number of methoxy groups -OCH3 is 1. The Bertz CT molecular complexity index is 1590. The zero-order chi connectivity index (χ0) is 28.6. The first kappa shape index (κ1) is 26.8. The van der Waals surface area contributed by atoms with E-state index in [0.717, 1.165) is 91.1 Å². The van der Waals surface area contributed by atoms with E-state index < -0.39 is 0 Å². The molecule has 1 unspecified atom stereocenters. The lowest BCUT2D eigenvalue weighted by Gasteiger charge is -2.38. The largest absolute Gasteiger partial charge is 0.491 e. The number of anilines is 1. The summed E-state index contributed by atoms with van der Waals surface area (Å²) in [5.74, 6) is 3.63. The molecule has 4 aromatic rings. The summed E-state index contributed by atoms with van der Waals surface area (Å²) < 4.78 is 5.74. The van der Waals surface area contributed by atoms with Crippen LogP contribution in [0.4, 0.5) is 5.82 Å². The van der Waals surface area contributed by atoms with E-state index in [0.29, 0.717) is 24.0 Å². The van der Waals surface area contributed by atoms with E-state index in [9.17, 15) is 4.79 Å². The molecule has 1 atom stereocenters. The summed E-state index contributed by atoms with van der Waals surface area (Å²) in [5, 5.41) is 3.43. The fourth-order valence-electron chi connectivity index (χ4n) is 5.91. The standard InChI is InChI=1S/C32H38N8O2/c1-20(39-11-13-40(14-12-39)32(41)22-5-6-22)23-9-10-33-25(15-23)17-28-37-26-8-7-24(16-27(26)38-28)29-30(42-2)31(36-19-35-29)34-18-21-3-4-21/h7-10,15-16,19-22H,3-6,11-14,17-18H2,1-2H3,(H,37,38)(H,34,35,36). The van der Waals surface area contributed by atoms with E-state index in [2.05, 4.69) is 60.2 Å². The number of hydrogen-bond acceptors (Lipinski definition) is 8. The number of pyridine rings is 1. The van der Waals surface area contributed by atoms with Gasteiger partial charge in [0.15, 0.2) is 11.6 Å². The van der Waals surface area contributed by atoms with Crippen molar-refractivity contribution in [2.75, 3.05) is 45.2 Å². The third kappa shape index (κ3) is 5.68. The predicted octanol–water partition coefficient (Wildman–Crippen LogP) is 4.45. The summed E-state index contributed by atoms with van der Waals surface area (Å²) >= 11 is 0. The Hall–Kier alpha value is -4.05. The maximum Gasteiger partial charge on any atom is 0.225 e. The number of carbonyl (C=O) groups excluding carboxylic acids is 1. The topological polar surface area (TPSA) is 112 Å². The van der Waals surface area contributed by atoms with Crippen molar-refractivity contribution in [3.8, 4) is 17.0 Å². The van der Waals surface area contributed by atoms with Crippen LogP contribution in [0.3, 0.4) is 0 Å². The number of nitrogens with one attached hydrogen (secondary N) is 2. The molecule has 1 saturated heterocycles. The number of nitrogens with zero attached hydrogens (tertiary/aromatic N) is 6. The Balaban J connectivity index is 1.04. The third-order valence-corrected chi connectivity index (χ3v) is 8.84. The van der Waals surface area contributed by atoms with Gasteiger partial charge in [-0.05, 0) is 68.4 Å². The summed E-state index contributed by atoms with van der Waals surface area (Å²) in [4.78, 5) is 38.9. The van der Waals surface area contributed by atoms with E-state index in [1.165, 1.54) is 18.4 Å². The molecular formula is C32H38N8O2. The molecule has 218 valence electrons. The lowest BCUT2D eigenvalue weighted by atomic mass is 10.1. The molecule has 2 aliphatic carbocycles. The van der Waals surface area contributed by atoms with E-state index >= 15 is 0 Å². The molecular weight excluding hydrogens is 528 g/mol. The molecule has 1 aliphatic heterocycles. The van der Waals surface area contributed by atoms with Gasteiger partial charge in [-0.15, -0.1) is 0 Å². The molecule has 3 aliphatic rings. The molecule has 1 aromatic carbocycles. The number of carbonyl (C=O) groups is 1. The minimum atomic E-state index is 0.259. The van der Waals surface area contributed by atoms with Crippen molar-refractivity contribution in [2.45, 2.75) is 45.1 Å². The molecule has 3 fully saturated rings. The van der Waals surface area contributed by atoms with Crippen molar-refractivity contribution in [2.24, 2.45) is 11.8 Å². The molecule has 0 bridgehead atoms. The summed E-state index contributed by atoms with van der Waals surface area (Å²) in [7, 11) is 1.66. The number of H-pyrrole nitrogens is 1. The summed E-state index contributed by atoms with van der Waals surface area (Å²) in [6.45, 7) is 6.59. The van der Waals surface area contributed by atoms with Gasteiger partial charge in [-0.2, -0.15) is 0 Å². The third-order valence-electron chi connectivity index (χ3n) is 8.84.